The van der Waals surface area contributed by atoms with Crippen LogP contribution in [0.3, 0.4) is 0 Å². The van der Waals surface area contributed by atoms with E-state index >= 15 is 0 Å². The van der Waals surface area contributed by atoms with Crippen molar-refractivity contribution in [2.45, 2.75) is 6.54 Å². The van der Waals surface area contributed by atoms with E-state index in [1.165, 1.54) is 0 Å². The molecule has 2 aromatic rings. The highest BCUT2D eigenvalue weighted by Crippen LogP contribution is 2.16. The number of hydrogen-bond acceptors (Lipinski definition) is 2. The van der Waals surface area contributed by atoms with Crippen LogP contribution in [0.4, 0.5) is 0 Å². The Morgan fingerprint density at radius 3 is 2.52 bits per heavy atom. The van der Waals surface area contributed by atoms with Crippen LogP contribution in [0.2, 0.25) is 5.02 Å². The Bertz CT molecular complexity index is 567. The van der Waals surface area contributed by atoms with Crippen molar-refractivity contribution in [3.63, 3.8) is 0 Å². The van der Waals surface area contributed by atoms with E-state index in [-0.39, 0.29) is 12.4 Å². The maximum atomic E-state index is 5.84. The number of benzene rings is 2. The summed E-state index contributed by atoms with van der Waals surface area (Å²) in [6.07, 6.45) is 4.17. The van der Waals surface area contributed by atoms with Gasteiger partial charge in [0.05, 0.1) is 7.11 Å². The number of rotatable bonds is 6. The summed E-state index contributed by atoms with van der Waals surface area (Å²) >= 11 is 5.84. The van der Waals surface area contributed by atoms with Crippen LogP contribution in [0.15, 0.2) is 54.6 Å². The number of nitrogens with one attached hydrogen (secondary N) is 1. The van der Waals surface area contributed by atoms with Crippen LogP contribution in [0.1, 0.15) is 11.1 Å². The molecule has 0 unspecified atom stereocenters. The van der Waals surface area contributed by atoms with Crippen LogP contribution in [0.25, 0.3) is 6.08 Å². The smallest absolute Gasteiger partial charge is 0.123 e. The third-order valence-electron chi connectivity index (χ3n) is 2.95. The van der Waals surface area contributed by atoms with Gasteiger partial charge in [-0.1, -0.05) is 54.1 Å². The Kier molecular flexibility index (Phi) is 7.91. The molecule has 0 saturated heterocycles. The molecule has 0 aliphatic carbocycles. The van der Waals surface area contributed by atoms with Gasteiger partial charge in [-0.2, -0.15) is 0 Å². The highest BCUT2D eigenvalue weighted by atomic mass is 35.5. The van der Waals surface area contributed by atoms with E-state index in [1.807, 2.05) is 42.5 Å². The molecule has 0 aromatic heterocycles. The zero-order valence-electron chi connectivity index (χ0n) is 11.9. The molecular weight excluding hydrogens is 305 g/mol. The van der Waals surface area contributed by atoms with Crippen molar-refractivity contribution in [3.8, 4) is 5.75 Å². The van der Waals surface area contributed by atoms with Gasteiger partial charge in [-0.05, 0) is 23.8 Å². The molecule has 4 heteroatoms. The van der Waals surface area contributed by atoms with Crippen molar-refractivity contribution in [3.05, 3.63) is 70.8 Å². The molecule has 0 fully saturated rings. The van der Waals surface area contributed by atoms with Gasteiger partial charge in [0.1, 0.15) is 5.75 Å². The van der Waals surface area contributed by atoms with Gasteiger partial charge in [-0.15, -0.1) is 12.4 Å². The SMILES string of the molecule is COc1ccccc1CNC/C=C/c1ccc(Cl)cc1.Cl. The standard InChI is InChI=1S/C17H18ClNO.ClH/c1-20-17-7-3-2-6-15(17)13-19-12-4-5-14-8-10-16(18)11-9-14;/h2-11,19H,12-13H2,1H3;1H/b5-4+;. The van der Waals surface area contributed by atoms with E-state index in [0.29, 0.717) is 0 Å². The molecular formula is C17H19Cl2NO. The molecule has 2 rings (SSSR count). The Morgan fingerprint density at radius 1 is 1.10 bits per heavy atom. The third kappa shape index (κ3) is 5.80. The molecule has 0 radical (unpaired) electrons. The fraction of sp³-hybridized carbons (Fsp3) is 0.176. The second kappa shape index (κ2) is 9.46. The second-order valence-corrected chi connectivity index (χ2v) is 4.83. The summed E-state index contributed by atoms with van der Waals surface area (Å²) in [5, 5.41) is 4.13. The molecule has 0 atom stereocenters. The lowest BCUT2D eigenvalue weighted by atomic mass is 10.2. The van der Waals surface area contributed by atoms with Crippen molar-refractivity contribution in [1.29, 1.82) is 0 Å². The Balaban J connectivity index is 0.00000220. The molecule has 0 heterocycles. The van der Waals surface area contributed by atoms with Crippen LogP contribution < -0.4 is 10.1 Å². The molecule has 112 valence electrons. The van der Waals surface area contributed by atoms with Gasteiger partial charge in [0.15, 0.2) is 0 Å². The van der Waals surface area contributed by atoms with Crippen LogP contribution in [0, 0.1) is 0 Å². The van der Waals surface area contributed by atoms with Crippen molar-refractivity contribution in [2.75, 3.05) is 13.7 Å². The maximum absolute atomic E-state index is 5.84. The molecule has 0 spiro atoms. The Morgan fingerprint density at radius 2 is 1.81 bits per heavy atom. The zero-order chi connectivity index (χ0) is 14.2. The average Bonchev–Trinajstić information content (AvgIpc) is 2.49. The van der Waals surface area contributed by atoms with Crippen LogP contribution in [0.5, 0.6) is 5.75 Å². The molecule has 0 saturated carbocycles. The van der Waals surface area contributed by atoms with E-state index in [2.05, 4.69) is 23.5 Å². The maximum Gasteiger partial charge on any atom is 0.123 e. The highest BCUT2D eigenvalue weighted by molar-refractivity contribution is 6.30. The molecule has 2 nitrogen and oxygen atoms in total. The number of para-hydroxylation sites is 1. The molecule has 2 aromatic carbocycles. The van der Waals surface area contributed by atoms with Gasteiger partial charge in [0.2, 0.25) is 0 Å². The van der Waals surface area contributed by atoms with Crippen LogP contribution >= 0.6 is 24.0 Å². The van der Waals surface area contributed by atoms with Crippen LogP contribution in [-0.4, -0.2) is 13.7 Å². The van der Waals surface area contributed by atoms with Gasteiger partial charge in [-0.3, -0.25) is 0 Å². The van der Waals surface area contributed by atoms with Crippen molar-refractivity contribution >= 4 is 30.1 Å². The predicted octanol–water partition coefficient (Wildman–Crippen LogP) is 4.57. The lowest BCUT2D eigenvalue weighted by Crippen LogP contribution is -2.13. The van der Waals surface area contributed by atoms with E-state index in [0.717, 1.165) is 35.0 Å². The quantitative estimate of drug-likeness (QED) is 0.786. The Labute approximate surface area is 137 Å². The Hall–Kier alpha value is -1.48. The first-order valence-corrected chi connectivity index (χ1v) is 6.92. The second-order valence-electron chi connectivity index (χ2n) is 4.40. The fourth-order valence-corrected chi connectivity index (χ4v) is 2.03. The predicted molar refractivity (Wildman–Crippen MR) is 92.4 cm³/mol. The summed E-state index contributed by atoms with van der Waals surface area (Å²) in [5.74, 6) is 0.918. The molecule has 21 heavy (non-hydrogen) atoms. The molecule has 0 aliphatic heterocycles. The number of halogens is 2. The third-order valence-corrected chi connectivity index (χ3v) is 3.20. The van der Waals surface area contributed by atoms with Gasteiger partial charge in [-0.25, -0.2) is 0 Å². The van der Waals surface area contributed by atoms with Gasteiger partial charge in [0.25, 0.3) is 0 Å². The normalized spacial score (nSPS) is 10.4. The summed E-state index contributed by atoms with van der Waals surface area (Å²) in [7, 11) is 1.69. The van der Waals surface area contributed by atoms with Crippen molar-refractivity contribution < 1.29 is 4.74 Å². The molecule has 0 bridgehead atoms. The fourth-order valence-electron chi connectivity index (χ4n) is 1.91. The minimum absolute atomic E-state index is 0. The lowest BCUT2D eigenvalue weighted by molar-refractivity contribution is 0.408. The summed E-state index contributed by atoms with van der Waals surface area (Å²) in [5.41, 5.74) is 2.31. The first-order chi connectivity index (χ1) is 9.79. The summed E-state index contributed by atoms with van der Waals surface area (Å²) in [6.45, 7) is 1.59. The molecule has 1 N–H and O–H groups in total. The van der Waals surface area contributed by atoms with Crippen molar-refractivity contribution in [1.82, 2.24) is 5.32 Å². The monoisotopic (exact) mass is 323 g/mol. The molecule has 0 aliphatic rings. The average molecular weight is 324 g/mol. The van der Waals surface area contributed by atoms with E-state index in [1.54, 1.807) is 7.11 Å². The van der Waals surface area contributed by atoms with Crippen molar-refractivity contribution in [2.24, 2.45) is 0 Å². The van der Waals surface area contributed by atoms with E-state index in [4.69, 9.17) is 16.3 Å². The first kappa shape index (κ1) is 17.6. The van der Waals surface area contributed by atoms with Gasteiger partial charge < -0.3 is 10.1 Å². The topological polar surface area (TPSA) is 21.3 Å². The van der Waals surface area contributed by atoms with Gasteiger partial charge in [0, 0.05) is 23.7 Å². The highest BCUT2D eigenvalue weighted by Gasteiger charge is 1.99. The van der Waals surface area contributed by atoms with E-state index in [9.17, 15) is 0 Å². The van der Waals surface area contributed by atoms with E-state index < -0.39 is 0 Å². The first-order valence-electron chi connectivity index (χ1n) is 6.54. The molecule has 0 amide bonds. The summed E-state index contributed by atoms with van der Waals surface area (Å²) in [6, 6.07) is 15.8. The minimum Gasteiger partial charge on any atom is -0.496 e. The number of ether oxygens (including phenoxy) is 1. The van der Waals surface area contributed by atoms with Gasteiger partial charge >= 0.3 is 0 Å². The largest absolute Gasteiger partial charge is 0.496 e. The summed E-state index contributed by atoms with van der Waals surface area (Å²) in [4.78, 5) is 0. The summed E-state index contributed by atoms with van der Waals surface area (Å²) < 4.78 is 5.31. The number of hydrogen-bond donors (Lipinski definition) is 1. The van der Waals surface area contributed by atoms with Crippen LogP contribution in [-0.2, 0) is 6.54 Å². The number of methoxy groups -OCH3 is 1. The lowest BCUT2D eigenvalue weighted by Gasteiger charge is -2.07. The minimum atomic E-state index is 0. The zero-order valence-corrected chi connectivity index (χ0v) is 13.5.